The van der Waals surface area contributed by atoms with E-state index in [4.69, 9.17) is 0 Å². The number of rotatable bonds is 1. The highest BCUT2D eigenvalue weighted by molar-refractivity contribution is 5.54. The van der Waals surface area contributed by atoms with Gasteiger partial charge in [0.2, 0.25) is 0 Å². The molecule has 0 saturated heterocycles. The molecule has 0 amide bonds. The third-order valence-electron chi connectivity index (χ3n) is 1.94. The summed E-state index contributed by atoms with van der Waals surface area (Å²) >= 11 is 0. The van der Waals surface area contributed by atoms with Crippen LogP contribution in [0.15, 0.2) is 24.7 Å². The molecule has 2 aromatic heterocycles. The summed E-state index contributed by atoms with van der Waals surface area (Å²) < 4.78 is 0. The molecular weight excluding hydrogens is 162 g/mol. The molecule has 0 aliphatic heterocycles. The Hall–Kier alpha value is -1.64. The fourth-order valence-corrected chi connectivity index (χ4v) is 1.36. The summed E-state index contributed by atoms with van der Waals surface area (Å²) in [6, 6.07) is 2.10. The predicted octanol–water partition coefficient (Wildman–Crippen LogP) is 2.09. The Morgan fingerprint density at radius 2 is 2.08 bits per heavy atom. The molecule has 1 N–H and O–H groups in total. The standard InChI is InChI=1S/C10H11N3/c1-7-5-8(2)9(13-6-7)10-11-3-4-12-10/h3-6H,1-2H3,(H,11,12). The van der Waals surface area contributed by atoms with E-state index in [0.29, 0.717) is 0 Å². The Morgan fingerprint density at radius 3 is 2.69 bits per heavy atom. The van der Waals surface area contributed by atoms with Crippen LogP contribution in [0.2, 0.25) is 0 Å². The van der Waals surface area contributed by atoms with Gasteiger partial charge < -0.3 is 4.98 Å². The van der Waals surface area contributed by atoms with Gasteiger partial charge in [0.1, 0.15) is 5.69 Å². The fraction of sp³-hybridized carbons (Fsp3) is 0.200. The van der Waals surface area contributed by atoms with Gasteiger partial charge in [0.25, 0.3) is 0 Å². The van der Waals surface area contributed by atoms with Crippen molar-refractivity contribution in [2.45, 2.75) is 13.8 Å². The van der Waals surface area contributed by atoms with Crippen LogP contribution >= 0.6 is 0 Å². The van der Waals surface area contributed by atoms with Gasteiger partial charge in [-0.05, 0) is 25.0 Å². The molecule has 0 saturated carbocycles. The van der Waals surface area contributed by atoms with Gasteiger partial charge in [0.05, 0.1) is 0 Å². The summed E-state index contributed by atoms with van der Waals surface area (Å²) in [5.74, 6) is 0.831. The number of hydrogen-bond acceptors (Lipinski definition) is 2. The third kappa shape index (κ3) is 1.45. The van der Waals surface area contributed by atoms with Gasteiger partial charge in [-0.15, -0.1) is 0 Å². The summed E-state index contributed by atoms with van der Waals surface area (Å²) in [6.07, 6.45) is 5.39. The first kappa shape index (κ1) is 7.98. The molecule has 0 aliphatic carbocycles. The second-order valence-corrected chi connectivity index (χ2v) is 3.12. The zero-order valence-electron chi connectivity index (χ0n) is 7.70. The lowest BCUT2D eigenvalue weighted by molar-refractivity contribution is 1.17. The van der Waals surface area contributed by atoms with E-state index in [9.17, 15) is 0 Å². The van der Waals surface area contributed by atoms with E-state index in [2.05, 4.69) is 21.0 Å². The molecule has 0 aliphatic rings. The molecular formula is C10H11N3. The van der Waals surface area contributed by atoms with Gasteiger partial charge in [-0.25, -0.2) is 4.98 Å². The maximum absolute atomic E-state index is 4.33. The Morgan fingerprint density at radius 1 is 1.23 bits per heavy atom. The maximum Gasteiger partial charge on any atom is 0.156 e. The Kier molecular flexibility index (Phi) is 1.85. The summed E-state index contributed by atoms with van der Waals surface area (Å²) in [5.41, 5.74) is 3.25. The molecule has 3 nitrogen and oxygen atoms in total. The second kappa shape index (κ2) is 3.01. The first-order valence-electron chi connectivity index (χ1n) is 4.20. The number of nitrogens with zero attached hydrogens (tertiary/aromatic N) is 2. The predicted molar refractivity (Wildman–Crippen MR) is 51.3 cm³/mol. The van der Waals surface area contributed by atoms with Crippen molar-refractivity contribution >= 4 is 0 Å². The average Bonchev–Trinajstić information content (AvgIpc) is 2.56. The van der Waals surface area contributed by atoms with E-state index in [1.807, 2.05) is 20.0 Å². The Labute approximate surface area is 76.9 Å². The van der Waals surface area contributed by atoms with Crippen LogP contribution in [-0.2, 0) is 0 Å². The highest BCUT2D eigenvalue weighted by atomic mass is 14.9. The molecule has 0 fully saturated rings. The van der Waals surface area contributed by atoms with Crippen molar-refractivity contribution in [1.29, 1.82) is 0 Å². The van der Waals surface area contributed by atoms with Crippen LogP contribution < -0.4 is 0 Å². The molecule has 3 heteroatoms. The van der Waals surface area contributed by atoms with Gasteiger partial charge in [0.15, 0.2) is 5.82 Å². The van der Waals surface area contributed by atoms with Crippen molar-refractivity contribution in [2.24, 2.45) is 0 Å². The third-order valence-corrected chi connectivity index (χ3v) is 1.94. The summed E-state index contributed by atoms with van der Waals surface area (Å²) in [4.78, 5) is 11.5. The molecule has 0 bridgehead atoms. The number of hydrogen-bond donors (Lipinski definition) is 1. The second-order valence-electron chi connectivity index (χ2n) is 3.12. The fourth-order valence-electron chi connectivity index (χ4n) is 1.36. The number of imidazole rings is 1. The van der Waals surface area contributed by atoms with Crippen molar-refractivity contribution in [2.75, 3.05) is 0 Å². The van der Waals surface area contributed by atoms with Gasteiger partial charge >= 0.3 is 0 Å². The van der Waals surface area contributed by atoms with Crippen molar-refractivity contribution < 1.29 is 0 Å². The van der Waals surface area contributed by atoms with E-state index < -0.39 is 0 Å². The van der Waals surface area contributed by atoms with Crippen LogP contribution in [-0.4, -0.2) is 15.0 Å². The summed E-state index contributed by atoms with van der Waals surface area (Å²) in [6.45, 7) is 4.07. The SMILES string of the molecule is Cc1cnc(-c2ncc[nH]2)c(C)c1. The lowest BCUT2D eigenvalue weighted by atomic mass is 10.1. The molecule has 2 heterocycles. The minimum absolute atomic E-state index is 0.831. The van der Waals surface area contributed by atoms with Crippen LogP contribution in [0, 0.1) is 13.8 Å². The Balaban J connectivity index is 2.53. The highest BCUT2D eigenvalue weighted by Gasteiger charge is 2.04. The first-order valence-corrected chi connectivity index (χ1v) is 4.20. The minimum atomic E-state index is 0.831. The summed E-state index contributed by atoms with van der Waals surface area (Å²) in [7, 11) is 0. The molecule has 66 valence electrons. The molecule has 13 heavy (non-hydrogen) atoms. The van der Waals surface area contributed by atoms with E-state index in [-0.39, 0.29) is 0 Å². The lowest BCUT2D eigenvalue weighted by Crippen LogP contribution is -1.90. The zero-order valence-corrected chi connectivity index (χ0v) is 7.70. The van der Waals surface area contributed by atoms with Gasteiger partial charge in [-0.2, -0.15) is 0 Å². The Bertz CT molecular complexity index is 404. The lowest BCUT2D eigenvalue weighted by Gasteiger charge is -2.01. The van der Waals surface area contributed by atoms with Crippen molar-refractivity contribution in [3.63, 3.8) is 0 Å². The molecule has 0 spiro atoms. The average molecular weight is 173 g/mol. The molecule has 0 aromatic carbocycles. The maximum atomic E-state index is 4.33. The smallest absolute Gasteiger partial charge is 0.156 e. The minimum Gasteiger partial charge on any atom is -0.343 e. The number of aromatic amines is 1. The van der Waals surface area contributed by atoms with Crippen LogP contribution in [0.25, 0.3) is 11.5 Å². The van der Waals surface area contributed by atoms with E-state index in [1.165, 1.54) is 5.56 Å². The van der Waals surface area contributed by atoms with Crippen molar-refractivity contribution in [3.05, 3.63) is 35.8 Å². The topological polar surface area (TPSA) is 41.6 Å². The number of pyridine rings is 1. The van der Waals surface area contributed by atoms with Crippen molar-refractivity contribution in [1.82, 2.24) is 15.0 Å². The van der Waals surface area contributed by atoms with E-state index >= 15 is 0 Å². The number of nitrogens with one attached hydrogen (secondary N) is 1. The highest BCUT2D eigenvalue weighted by Crippen LogP contribution is 2.16. The van der Waals surface area contributed by atoms with Crippen LogP contribution in [0.5, 0.6) is 0 Å². The quantitative estimate of drug-likeness (QED) is 0.717. The first-order chi connectivity index (χ1) is 6.27. The van der Waals surface area contributed by atoms with Gasteiger partial charge in [-0.1, -0.05) is 6.07 Å². The zero-order chi connectivity index (χ0) is 9.26. The molecule has 0 atom stereocenters. The van der Waals surface area contributed by atoms with E-state index in [1.54, 1.807) is 12.4 Å². The number of aryl methyl sites for hydroxylation is 2. The van der Waals surface area contributed by atoms with Gasteiger partial charge in [-0.3, -0.25) is 4.98 Å². The molecule has 0 unspecified atom stereocenters. The molecule has 2 aromatic rings. The van der Waals surface area contributed by atoms with Crippen LogP contribution in [0.4, 0.5) is 0 Å². The monoisotopic (exact) mass is 173 g/mol. The molecule has 0 radical (unpaired) electrons. The molecule has 2 rings (SSSR count). The summed E-state index contributed by atoms with van der Waals surface area (Å²) in [5, 5.41) is 0. The van der Waals surface area contributed by atoms with Crippen molar-refractivity contribution in [3.8, 4) is 11.5 Å². The normalized spacial score (nSPS) is 10.3. The number of aromatic nitrogens is 3. The van der Waals surface area contributed by atoms with Gasteiger partial charge in [0, 0.05) is 18.6 Å². The van der Waals surface area contributed by atoms with Crippen LogP contribution in [0.1, 0.15) is 11.1 Å². The number of H-pyrrole nitrogens is 1. The van der Waals surface area contributed by atoms with Crippen LogP contribution in [0.3, 0.4) is 0 Å². The largest absolute Gasteiger partial charge is 0.343 e. The van der Waals surface area contributed by atoms with E-state index in [0.717, 1.165) is 17.1 Å².